The maximum absolute atomic E-state index is 12.4. The first-order chi connectivity index (χ1) is 7.97. The van der Waals surface area contributed by atoms with Crippen LogP contribution in [0.5, 0.6) is 0 Å². The number of carbonyl (C=O) groups excluding carboxylic acids is 1. The smallest absolute Gasteiger partial charge is 0.356 e. The number of carbonyl (C=O) groups is 1. The van der Waals surface area contributed by atoms with Crippen molar-refractivity contribution in [3.63, 3.8) is 0 Å². The fraction of sp³-hybridized carbons (Fsp3) is 0.417. The minimum absolute atomic E-state index is 0.0334. The predicted octanol–water partition coefficient (Wildman–Crippen LogP) is 2.70. The lowest BCUT2D eigenvalue weighted by Gasteiger charge is -2.22. The summed E-state index contributed by atoms with van der Waals surface area (Å²) in [4.78, 5) is 11.2. The first-order valence-corrected chi connectivity index (χ1v) is 5.40. The average molecular weight is 243 g/mol. The van der Waals surface area contributed by atoms with Crippen LogP contribution in [0.4, 0.5) is 13.2 Å². The second-order valence-corrected chi connectivity index (χ2v) is 4.16. The van der Waals surface area contributed by atoms with Crippen molar-refractivity contribution >= 4 is 5.91 Å². The van der Waals surface area contributed by atoms with E-state index in [0.717, 1.165) is 24.1 Å². The molecule has 1 fully saturated rings. The normalized spacial score (nSPS) is 21.1. The van der Waals surface area contributed by atoms with Crippen LogP contribution in [-0.2, 0) is 11.0 Å². The topological polar surface area (TPSA) is 29.1 Å². The van der Waals surface area contributed by atoms with Crippen LogP contribution in [0.15, 0.2) is 24.3 Å². The Balaban J connectivity index is 2.15. The van der Waals surface area contributed by atoms with Crippen molar-refractivity contribution in [1.82, 2.24) is 5.32 Å². The number of piperidine rings is 1. The first-order valence-electron chi connectivity index (χ1n) is 5.40. The molecule has 0 spiro atoms. The van der Waals surface area contributed by atoms with E-state index in [4.69, 9.17) is 0 Å². The van der Waals surface area contributed by atoms with Gasteiger partial charge in [0.15, 0.2) is 0 Å². The van der Waals surface area contributed by atoms with E-state index < -0.39 is 11.7 Å². The maximum Gasteiger partial charge on any atom is 0.416 e. The molecule has 1 aliphatic heterocycles. The van der Waals surface area contributed by atoms with Crippen molar-refractivity contribution in [2.75, 3.05) is 6.54 Å². The summed E-state index contributed by atoms with van der Waals surface area (Å²) in [7, 11) is 0. The number of nitrogens with one attached hydrogen (secondary N) is 1. The van der Waals surface area contributed by atoms with Gasteiger partial charge in [0.2, 0.25) is 5.91 Å². The summed E-state index contributed by atoms with van der Waals surface area (Å²) in [5.41, 5.74) is 0.148. The maximum atomic E-state index is 12.4. The van der Waals surface area contributed by atoms with Crippen molar-refractivity contribution in [3.05, 3.63) is 35.4 Å². The van der Waals surface area contributed by atoms with Crippen LogP contribution < -0.4 is 5.32 Å². The van der Waals surface area contributed by atoms with Gasteiger partial charge in [-0.05, 0) is 30.0 Å². The molecule has 1 amide bonds. The largest absolute Gasteiger partial charge is 0.416 e. The summed E-state index contributed by atoms with van der Waals surface area (Å²) in [6, 6.07) is 5.07. The van der Waals surface area contributed by atoms with Gasteiger partial charge in [-0.15, -0.1) is 0 Å². The number of rotatable bonds is 1. The third-order valence-electron chi connectivity index (χ3n) is 2.96. The second-order valence-electron chi connectivity index (χ2n) is 4.16. The molecule has 1 aromatic rings. The highest BCUT2D eigenvalue weighted by molar-refractivity contribution is 5.77. The Hall–Kier alpha value is -1.52. The second kappa shape index (κ2) is 4.39. The molecule has 17 heavy (non-hydrogen) atoms. The predicted molar refractivity (Wildman–Crippen MR) is 56.4 cm³/mol. The lowest BCUT2D eigenvalue weighted by molar-refractivity contribution is -0.137. The minimum atomic E-state index is -4.30. The van der Waals surface area contributed by atoms with E-state index in [2.05, 4.69) is 5.32 Å². The Morgan fingerprint density at radius 2 is 1.82 bits per heavy atom. The molecule has 0 radical (unpaired) electrons. The molecule has 1 saturated heterocycles. The van der Waals surface area contributed by atoms with Crippen molar-refractivity contribution in [3.8, 4) is 0 Å². The van der Waals surface area contributed by atoms with Crippen LogP contribution in [-0.4, -0.2) is 12.5 Å². The molecule has 1 aromatic carbocycles. The van der Waals surface area contributed by atoms with Gasteiger partial charge >= 0.3 is 6.18 Å². The van der Waals surface area contributed by atoms with E-state index in [1.54, 1.807) is 0 Å². The van der Waals surface area contributed by atoms with Crippen LogP contribution in [0.1, 0.15) is 29.9 Å². The molecular weight excluding hydrogens is 231 g/mol. The monoisotopic (exact) mass is 243 g/mol. The van der Waals surface area contributed by atoms with Gasteiger partial charge in [-0.1, -0.05) is 12.1 Å². The van der Waals surface area contributed by atoms with Gasteiger partial charge in [0.05, 0.1) is 5.56 Å². The molecule has 0 bridgehead atoms. The van der Waals surface area contributed by atoms with Gasteiger partial charge in [0.25, 0.3) is 0 Å². The number of alkyl halides is 3. The Morgan fingerprint density at radius 1 is 1.18 bits per heavy atom. The lowest BCUT2D eigenvalue weighted by Crippen LogP contribution is -2.32. The fourth-order valence-electron chi connectivity index (χ4n) is 2.01. The molecule has 0 saturated carbocycles. The van der Waals surface area contributed by atoms with Crippen LogP contribution in [0.25, 0.3) is 0 Å². The molecule has 1 heterocycles. The van der Waals surface area contributed by atoms with Gasteiger partial charge in [0, 0.05) is 13.0 Å². The minimum Gasteiger partial charge on any atom is -0.356 e. The number of hydrogen-bond acceptors (Lipinski definition) is 1. The van der Waals surface area contributed by atoms with E-state index in [1.807, 2.05) is 0 Å². The summed E-state index contributed by atoms with van der Waals surface area (Å²) >= 11 is 0. The third kappa shape index (κ3) is 2.78. The Kier molecular flexibility index (Phi) is 3.09. The zero-order valence-electron chi connectivity index (χ0n) is 9.05. The summed E-state index contributed by atoms with van der Waals surface area (Å²) in [6.07, 6.45) is -3.18. The zero-order valence-corrected chi connectivity index (χ0v) is 9.05. The molecule has 1 atom stereocenters. The highest BCUT2D eigenvalue weighted by atomic mass is 19.4. The Bertz CT molecular complexity index is 411. The summed E-state index contributed by atoms with van der Waals surface area (Å²) in [5.74, 6) is -0.00724. The van der Waals surface area contributed by atoms with Crippen LogP contribution >= 0.6 is 0 Å². The van der Waals surface area contributed by atoms with Crippen molar-refractivity contribution < 1.29 is 18.0 Å². The van der Waals surface area contributed by atoms with Gasteiger partial charge in [0.1, 0.15) is 0 Å². The number of hydrogen-bond donors (Lipinski definition) is 1. The number of halogens is 3. The summed E-state index contributed by atoms with van der Waals surface area (Å²) in [6.45, 7) is 0.588. The Morgan fingerprint density at radius 3 is 2.35 bits per heavy atom. The standard InChI is InChI=1S/C12H12F3NO/c13-12(14,15)10-3-1-8(2-4-10)9-5-6-16-11(17)7-9/h1-4,9H,5-7H2,(H,16,17). The average Bonchev–Trinajstić information content (AvgIpc) is 2.28. The van der Waals surface area contributed by atoms with Crippen LogP contribution in [0, 0.1) is 0 Å². The van der Waals surface area contributed by atoms with Gasteiger partial charge in [-0.25, -0.2) is 0 Å². The number of benzene rings is 1. The molecule has 1 N–H and O–H groups in total. The lowest BCUT2D eigenvalue weighted by atomic mass is 9.89. The van der Waals surface area contributed by atoms with Gasteiger partial charge in [-0.3, -0.25) is 4.79 Å². The molecule has 1 aliphatic rings. The van der Waals surface area contributed by atoms with Crippen molar-refractivity contribution in [2.24, 2.45) is 0 Å². The van der Waals surface area contributed by atoms with Gasteiger partial charge < -0.3 is 5.32 Å². The highest BCUT2D eigenvalue weighted by Gasteiger charge is 2.30. The van der Waals surface area contributed by atoms with Crippen molar-refractivity contribution in [1.29, 1.82) is 0 Å². The molecule has 5 heteroatoms. The first kappa shape index (κ1) is 12.0. The quantitative estimate of drug-likeness (QED) is 0.807. The molecule has 0 aliphatic carbocycles. The van der Waals surface area contributed by atoms with Crippen molar-refractivity contribution in [2.45, 2.75) is 24.9 Å². The van der Waals surface area contributed by atoms with E-state index in [-0.39, 0.29) is 11.8 Å². The van der Waals surface area contributed by atoms with Crippen LogP contribution in [0.3, 0.4) is 0 Å². The number of amides is 1. The summed E-state index contributed by atoms with van der Waals surface area (Å²) < 4.78 is 37.1. The highest BCUT2D eigenvalue weighted by Crippen LogP contribution is 2.31. The van der Waals surface area contributed by atoms with E-state index in [9.17, 15) is 18.0 Å². The molecule has 1 unspecified atom stereocenters. The SMILES string of the molecule is O=C1CC(c2ccc(C(F)(F)F)cc2)CCN1. The van der Waals surface area contributed by atoms with E-state index in [0.29, 0.717) is 13.0 Å². The fourth-order valence-corrected chi connectivity index (χ4v) is 2.01. The third-order valence-corrected chi connectivity index (χ3v) is 2.96. The molecule has 2 rings (SSSR count). The zero-order chi connectivity index (χ0) is 12.5. The Labute approximate surface area is 96.8 Å². The van der Waals surface area contributed by atoms with Gasteiger partial charge in [-0.2, -0.15) is 13.2 Å². The van der Waals surface area contributed by atoms with Crippen LogP contribution in [0.2, 0.25) is 0 Å². The molecule has 0 aromatic heterocycles. The van der Waals surface area contributed by atoms with E-state index in [1.165, 1.54) is 12.1 Å². The van der Waals surface area contributed by atoms with E-state index >= 15 is 0 Å². The molecule has 92 valence electrons. The molecule has 2 nitrogen and oxygen atoms in total. The summed E-state index contributed by atoms with van der Waals surface area (Å²) in [5, 5.41) is 2.70. The molecular formula is C12H12F3NO.